The van der Waals surface area contributed by atoms with Crippen LogP contribution >= 0.6 is 23.4 Å². The predicted octanol–water partition coefficient (Wildman–Crippen LogP) is 5.30. The SMILES string of the molecule is COc1cc(C)c(C(=O)NCCSc2ccc(Cl)cc2)cc1C(C)C. The molecule has 0 radical (unpaired) electrons. The van der Waals surface area contributed by atoms with Gasteiger partial charge in [0.15, 0.2) is 0 Å². The van der Waals surface area contributed by atoms with E-state index < -0.39 is 0 Å². The zero-order chi connectivity index (χ0) is 18.4. The van der Waals surface area contributed by atoms with Crippen molar-refractivity contribution in [2.75, 3.05) is 19.4 Å². The Labute approximate surface area is 159 Å². The van der Waals surface area contributed by atoms with E-state index in [4.69, 9.17) is 16.3 Å². The highest BCUT2D eigenvalue weighted by molar-refractivity contribution is 7.99. The fourth-order valence-electron chi connectivity index (χ4n) is 2.53. The number of halogens is 1. The van der Waals surface area contributed by atoms with Gasteiger partial charge in [-0.05, 0) is 60.4 Å². The van der Waals surface area contributed by atoms with Crippen LogP contribution in [0.25, 0.3) is 0 Å². The Kier molecular flexibility index (Phi) is 7.21. The molecule has 0 saturated heterocycles. The molecule has 0 aromatic heterocycles. The van der Waals surface area contributed by atoms with Gasteiger partial charge in [0, 0.05) is 27.8 Å². The van der Waals surface area contributed by atoms with Crippen molar-refractivity contribution in [3.63, 3.8) is 0 Å². The first kappa shape index (κ1) is 19.7. The molecular weight excluding hydrogens is 354 g/mol. The zero-order valence-corrected chi connectivity index (χ0v) is 16.6. The largest absolute Gasteiger partial charge is 0.496 e. The van der Waals surface area contributed by atoms with Gasteiger partial charge in [-0.2, -0.15) is 0 Å². The van der Waals surface area contributed by atoms with Crippen LogP contribution in [0.1, 0.15) is 41.3 Å². The van der Waals surface area contributed by atoms with E-state index in [-0.39, 0.29) is 5.91 Å². The molecule has 5 heteroatoms. The van der Waals surface area contributed by atoms with Crippen LogP contribution in [-0.2, 0) is 0 Å². The van der Waals surface area contributed by atoms with E-state index in [1.54, 1.807) is 18.9 Å². The van der Waals surface area contributed by atoms with Crippen LogP contribution in [0.2, 0.25) is 5.02 Å². The highest BCUT2D eigenvalue weighted by Crippen LogP contribution is 2.29. The number of thioether (sulfide) groups is 1. The number of methoxy groups -OCH3 is 1. The minimum atomic E-state index is -0.0428. The van der Waals surface area contributed by atoms with Gasteiger partial charge in [-0.25, -0.2) is 0 Å². The molecule has 0 spiro atoms. The molecule has 2 aromatic carbocycles. The van der Waals surface area contributed by atoms with Gasteiger partial charge in [-0.15, -0.1) is 11.8 Å². The minimum Gasteiger partial charge on any atom is -0.496 e. The van der Waals surface area contributed by atoms with Crippen LogP contribution in [0.3, 0.4) is 0 Å². The summed E-state index contributed by atoms with van der Waals surface area (Å²) in [5.41, 5.74) is 2.68. The molecule has 0 atom stereocenters. The van der Waals surface area contributed by atoms with Gasteiger partial charge in [0.25, 0.3) is 5.91 Å². The van der Waals surface area contributed by atoms with Gasteiger partial charge in [-0.3, -0.25) is 4.79 Å². The quantitative estimate of drug-likeness (QED) is 0.525. The Bertz CT molecular complexity index is 729. The number of aryl methyl sites for hydroxylation is 1. The topological polar surface area (TPSA) is 38.3 Å². The van der Waals surface area contributed by atoms with E-state index in [0.29, 0.717) is 18.0 Å². The lowest BCUT2D eigenvalue weighted by molar-refractivity contribution is 0.0955. The van der Waals surface area contributed by atoms with E-state index in [2.05, 4.69) is 19.2 Å². The second-order valence-electron chi connectivity index (χ2n) is 6.12. The van der Waals surface area contributed by atoms with Crippen molar-refractivity contribution in [3.8, 4) is 5.75 Å². The summed E-state index contributed by atoms with van der Waals surface area (Å²) in [4.78, 5) is 13.7. The Morgan fingerprint density at radius 2 is 1.92 bits per heavy atom. The second-order valence-corrected chi connectivity index (χ2v) is 7.73. The van der Waals surface area contributed by atoms with E-state index in [1.165, 1.54) is 0 Å². The molecule has 1 amide bonds. The average Bonchev–Trinajstić information content (AvgIpc) is 2.59. The third-order valence-electron chi connectivity index (χ3n) is 3.91. The number of carbonyl (C=O) groups excluding carboxylic acids is 1. The first-order valence-corrected chi connectivity index (χ1v) is 9.63. The van der Waals surface area contributed by atoms with Crippen LogP contribution in [0.15, 0.2) is 41.3 Å². The normalized spacial score (nSPS) is 10.8. The number of benzene rings is 2. The molecule has 0 unspecified atom stereocenters. The number of hydrogen-bond acceptors (Lipinski definition) is 3. The standard InChI is InChI=1S/C20H24ClNO2S/c1-13(2)17-12-18(14(3)11-19(17)24-4)20(23)22-9-10-25-16-7-5-15(21)6-8-16/h5-8,11-13H,9-10H2,1-4H3,(H,22,23). The summed E-state index contributed by atoms with van der Waals surface area (Å²) in [5, 5.41) is 3.73. The molecule has 0 heterocycles. The van der Waals surface area contributed by atoms with E-state index in [0.717, 1.165) is 32.5 Å². The monoisotopic (exact) mass is 377 g/mol. The minimum absolute atomic E-state index is 0.0428. The van der Waals surface area contributed by atoms with Gasteiger partial charge >= 0.3 is 0 Å². The van der Waals surface area contributed by atoms with Gasteiger partial charge in [0.1, 0.15) is 5.75 Å². The maximum absolute atomic E-state index is 12.5. The lowest BCUT2D eigenvalue weighted by Crippen LogP contribution is -2.26. The summed E-state index contributed by atoms with van der Waals surface area (Å²) in [7, 11) is 1.66. The Morgan fingerprint density at radius 1 is 1.24 bits per heavy atom. The highest BCUT2D eigenvalue weighted by atomic mass is 35.5. The van der Waals surface area contributed by atoms with Crippen molar-refractivity contribution >= 4 is 29.3 Å². The lowest BCUT2D eigenvalue weighted by Gasteiger charge is -2.16. The molecule has 2 rings (SSSR count). The summed E-state index contributed by atoms with van der Waals surface area (Å²) < 4.78 is 5.43. The Morgan fingerprint density at radius 3 is 2.52 bits per heavy atom. The molecule has 0 aliphatic heterocycles. The number of hydrogen-bond donors (Lipinski definition) is 1. The molecule has 2 aromatic rings. The highest BCUT2D eigenvalue weighted by Gasteiger charge is 2.15. The first-order valence-electron chi connectivity index (χ1n) is 8.27. The van der Waals surface area contributed by atoms with E-state index >= 15 is 0 Å². The number of carbonyl (C=O) groups is 1. The van der Waals surface area contributed by atoms with Gasteiger partial charge < -0.3 is 10.1 Å². The van der Waals surface area contributed by atoms with Gasteiger partial charge in [0.2, 0.25) is 0 Å². The van der Waals surface area contributed by atoms with Crippen molar-refractivity contribution in [3.05, 3.63) is 58.1 Å². The second kappa shape index (κ2) is 9.16. The Balaban J connectivity index is 1.96. The maximum atomic E-state index is 12.5. The van der Waals surface area contributed by atoms with Crippen molar-refractivity contribution in [1.29, 1.82) is 0 Å². The summed E-state index contributed by atoms with van der Waals surface area (Å²) in [6.07, 6.45) is 0. The molecule has 0 saturated carbocycles. The fraction of sp³-hybridized carbons (Fsp3) is 0.350. The smallest absolute Gasteiger partial charge is 0.251 e. The molecule has 134 valence electrons. The van der Waals surface area contributed by atoms with Crippen LogP contribution in [-0.4, -0.2) is 25.3 Å². The number of rotatable bonds is 7. The molecule has 1 N–H and O–H groups in total. The predicted molar refractivity (Wildman–Crippen MR) is 106 cm³/mol. The van der Waals surface area contributed by atoms with Crippen molar-refractivity contribution < 1.29 is 9.53 Å². The molecule has 25 heavy (non-hydrogen) atoms. The molecule has 0 aliphatic rings. The Hall–Kier alpha value is -1.65. The van der Waals surface area contributed by atoms with E-state index in [9.17, 15) is 4.79 Å². The zero-order valence-electron chi connectivity index (χ0n) is 15.1. The third-order valence-corrected chi connectivity index (χ3v) is 5.18. The fourth-order valence-corrected chi connectivity index (χ4v) is 3.42. The number of amides is 1. The maximum Gasteiger partial charge on any atom is 0.251 e. The van der Waals surface area contributed by atoms with Crippen molar-refractivity contribution in [1.82, 2.24) is 5.32 Å². The third kappa shape index (κ3) is 5.41. The lowest BCUT2D eigenvalue weighted by atomic mass is 9.96. The summed E-state index contributed by atoms with van der Waals surface area (Å²) >= 11 is 7.57. The van der Waals surface area contributed by atoms with Crippen molar-refractivity contribution in [2.24, 2.45) is 0 Å². The van der Waals surface area contributed by atoms with Crippen LogP contribution in [0.5, 0.6) is 5.75 Å². The first-order chi connectivity index (χ1) is 11.9. The van der Waals surface area contributed by atoms with Crippen LogP contribution in [0, 0.1) is 6.92 Å². The summed E-state index contributed by atoms with van der Waals surface area (Å²) in [5.74, 6) is 1.89. The van der Waals surface area contributed by atoms with E-state index in [1.807, 2.05) is 43.3 Å². The molecule has 0 bridgehead atoms. The van der Waals surface area contributed by atoms with Crippen LogP contribution < -0.4 is 10.1 Å². The molecule has 3 nitrogen and oxygen atoms in total. The molecule has 0 aliphatic carbocycles. The number of nitrogens with one attached hydrogen (secondary N) is 1. The summed E-state index contributed by atoms with van der Waals surface area (Å²) in [6.45, 7) is 6.73. The van der Waals surface area contributed by atoms with Crippen molar-refractivity contribution in [2.45, 2.75) is 31.6 Å². The van der Waals surface area contributed by atoms with Crippen LogP contribution in [0.4, 0.5) is 0 Å². The summed E-state index contributed by atoms with van der Waals surface area (Å²) in [6, 6.07) is 11.6. The van der Waals surface area contributed by atoms with Gasteiger partial charge in [0.05, 0.1) is 7.11 Å². The molecule has 0 fully saturated rings. The molecular formula is C20H24ClNO2S. The van der Waals surface area contributed by atoms with Gasteiger partial charge in [-0.1, -0.05) is 25.4 Å². The average molecular weight is 378 g/mol. The number of ether oxygens (including phenoxy) is 1.